The van der Waals surface area contributed by atoms with Crippen LogP contribution in [0.4, 0.5) is 0 Å². The minimum absolute atomic E-state index is 0.0823. The van der Waals surface area contributed by atoms with Crippen molar-refractivity contribution in [3.05, 3.63) is 34.3 Å². The zero-order valence-corrected chi connectivity index (χ0v) is 14.8. The van der Waals surface area contributed by atoms with Crippen LogP contribution in [-0.2, 0) is 16.7 Å². The molecule has 0 unspecified atom stereocenters. The molecule has 8 heteroatoms. The summed E-state index contributed by atoms with van der Waals surface area (Å²) in [6, 6.07) is 3.11. The fraction of sp³-hybridized carbons (Fsp3) is 0.562. The van der Waals surface area contributed by atoms with E-state index < -0.39 is 12.1 Å². The van der Waals surface area contributed by atoms with Gasteiger partial charge in [0.15, 0.2) is 0 Å². The van der Waals surface area contributed by atoms with Gasteiger partial charge in [-0.05, 0) is 11.4 Å². The minimum atomic E-state index is -0.732. The number of carbonyl (C=O) groups excluding carboxylic acids is 1. The van der Waals surface area contributed by atoms with Crippen molar-refractivity contribution in [1.82, 2.24) is 20.3 Å². The van der Waals surface area contributed by atoms with Crippen LogP contribution in [0.1, 0.15) is 36.1 Å². The predicted molar refractivity (Wildman–Crippen MR) is 90.0 cm³/mol. The quantitative estimate of drug-likeness (QED) is 0.865. The van der Waals surface area contributed by atoms with Gasteiger partial charge < -0.3 is 15.2 Å². The van der Waals surface area contributed by atoms with Crippen molar-refractivity contribution in [2.45, 2.75) is 51.0 Å². The van der Waals surface area contributed by atoms with E-state index in [-0.39, 0.29) is 24.0 Å². The molecular formula is C16H22N4O3S. The first kappa shape index (κ1) is 17.1. The number of carbonyl (C=O) groups is 1. The summed E-state index contributed by atoms with van der Waals surface area (Å²) in [7, 11) is 0. The molecule has 1 fully saturated rings. The van der Waals surface area contributed by atoms with E-state index in [9.17, 15) is 9.90 Å². The van der Waals surface area contributed by atoms with Gasteiger partial charge in [-0.25, -0.2) is 4.68 Å². The summed E-state index contributed by atoms with van der Waals surface area (Å²) in [6.07, 6.45) is 0.801. The van der Waals surface area contributed by atoms with Crippen molar-refractivity contribution >= 4 is 17.2 Å². The highest BCUT2D eigenvalue weighted by atomic mass is 32.1. The van der Waals surface area contributed by atoms with E-state index >= 15 is 0 Å². The first-order chi connectivity index (χ1) is 11.3. The van der Waals surface area contributed by atoms with Crippen molar-refractivity contribution in [2.24, 2.45) is 0 Å². The molecule has 0 aliphatic carbocycles. The van der Waals surface area contributed by atoms with E-state index in [0.717, 1.165) is 5.69 Å². The van der Waals surface area contributed by atoms with Gasteiger partial charge in [0.05, 0.1) is 29.8 Å². The summed E-state index contributed by atoms with van der Waals surface area (Å²) in [4.78, 5) is 12.9. The predicted octanol–water partition coefficient (Wildman–Crippen LogP) is 1.20. The van der Waals surface area contributed by atoms with Crippen LogP contribution >= 0.6 is 11.3 Å². The number of aliphatic hydroxyl groups excluding tert-OH is 1. The van der Waals surface area contributed by atoms with Crippen molar-refractivity contribution in [2.75, 3.05) is 6.61 Å². The Kier molecular flexibility index (Phi) is 4.71. The number of rotatable bonds is 4. The molecule has 3 heterocycles. The molecule has 24 heavy (non-hydrogen) atoms. The molecule has 0 bridgehead atoms. The second kappa shape index (κ2) is 6.62. The van der Waals surface area contributed by atoms with Crippen LogP contribution in [0.25, 0.3) is 0 Å². The number of nitrogens with zero attached hydrogens (tertiary/aromatic N) is 3. The minimum Gasteiger partial charge on any atom is -0.388 e. The van der Waals surface area contributed by atoms with E-state index in [1.807, 2.05) is 17.6 Å². The number of amides is 1. The molecule has 2 aromatic heterocycles. The smallest absolute Gasteiger partial charge is 0.261 e. The summed E-state index contributed by atoms with van der Waals surface area (Å²) >= 11 is 1.36. The Hall–Kier alpha value is -1.77. The summed E-state index contributed by atoms with van der Waals surface area (Å²) in [6.45, 7) is 6.83. The number of thiophene rings is 1. The average Bonchev–Trinajstić information content (AvgIpc) is 3.23. The second-order valence-corrected chi connectivity index (χ2v) is 7.94. The highest BCUT2D eigenvalue weighted by Gasteiger charge is 2.38. The van der Waals surface area contributed by atoms with E-state index in [1.165, 1.54) is 11.3 Å². The highest BCUT2D eigenvalue weighted by molar-refractivity contribution is 7.12. The summed E-state index contributed by atoms with van der Waals surface area (Å²) in [5.74, 6) is -0.196. The maximum atomic E-state index is 12.2. The van der Waals surface area contributed by atoms with Gasteiger partial charge >= 0.3 is 0 Å². The van der Waals surface area contributed by atoms with Gasteiger partial charge in [-0.3, -0.25) is 4.79 Å². The lowest BCUT2D eigenvalue weighted by Gasteiger charge is -2.21. The monoisotopic (exact) mass is 350 g/mol. The molecule has 7 nitrogen and oxygen atoms in total. The van der Waals surface area contributed by atoms with Gasteiger partial charge in [0.2, 0.25) is 0 Å². The summed E-state index contributed by atoms with van der Waals surface area (Å²) < 4.78 is 7.35. The van der Waals surface area contributed by atoms with Gasteiger partial charge in [-0.15, -0.1) is 16.4 Å². The lowest BCUT2D eigenvalue weighted by atomic mass is 9.93. The number of hydrogen-bond donors (Lipinski definition) is 2. The van der Waals surface area contributed by atoms with Crippen molar-refractivity contribution < 1.29 is 14.6 Å². The lowest BCUT2D eigenvalue weighted by Crippen LogP contribution is -2.47. The second-order valence-electron chi connectivity index (χ2n) is 6.99. The van der Waals surface area contributed by atoms with Gasteiger partial charge in [0.25, 0.3) is 5.91 Å². The molecule has 0 saturated carbocycles. The molecule has 2 aromatic rings. The van der Waals surface area contributed by atoms with Gasteiger partial charge in [0.1, 0.15) is 12.2 Å². The summed E-state index contributed by atoms with van der Waals surface area (Å²) in [5.41, 5.74) is 0.807. The molecule has 1 saturated heterocycles. The first-order valence-corrected chi connectivity index (χ1v) is 8.77. The Bertz CT molecular complexity index is 692. The molecule has 0 aromatic carbocycles. The maximum absolute atomic E-state index is 12.2. The number of ether oxygens (including phenoxy) is 1. The third kappa shape index (κ3) is 3.66. The first-order valence-electron chi connectivity index (χ1n) is 7.89. The van der Waals surface area contributed by atoms with Crippen LogP contribution in [0.3, 0.4) is 0 Å². The largest absolute Gasteiger partial charge is 0.388 e. The third-order valence-electron chi connectivity index (χ3n) is 4.01. The molecule has 0 spiro atoms. The zero-order valence-electron chi connectivity index (χ0n) is 14.0. The SMILES string of the molecule is CC(C)(C)c1cn(C[C@H]2OC[C@H](O)[C@H]2NC(=O)c2cccs2)nn1. The van der Waals surface area contributed by atoms with E-state index in [0.29, 0.717) is 11.4 Å². The van der Waals surface area contributed by atoms with Gasteiger partial charge in [-0.2, -0.15) is 0 Å². The number of aromatic nitrogens is 3. The van der Waals surface area contributed by atoms with E-state index in [1.54, 1.807) is 10.7 Å². The van der Waals surface area contributed by atoms with Crippen LogP contribution in [0.15, 0.2) is 23.7 Å². The maximum Gasteiger partial charge on any atom is 0.261 e. The van der Waals surface area contributed by atoms with Crippen LogP contribution in [0, 0.1) is 0 Å². The number of nitrogens with one attached hydrogen (secondary N) is 1. The molecule has 3 rings (SSSR count). The molecule has 130 valence electrons. The third-order valence-corrected chi connectivity index (χ3v) is 4.88. The highest BCUT2D eigenvalue weighted by Crippen LogP contribution is 2.21. The fourth-order valence-electron chi connectivity index (χ4n) is 2.58. The normalized spacial score (nSPS) is 24.2. The van der Waals surface area contributed by atoms with Crippen molar-refractivity contribution in [3.8, 4) is 0 Å². The van der Waals surface area contributed by atoms with E-state index in [4.69, 9.17) is 4.74 Å². The topological polar surface area (TPSA) is 89.3 Å². The molecule has 3 atom stereocenters. The molecule has 2 N–H and O–H groups in total. The molecular weight excluding hydrogens is 328 g/mol. The molecule has 1 aliphatic rings. The van der Waals surface area contributed by atoms with Crippen LogP contribution < -0.4 is 5.32 Å². The van der Waals surface area contributed by atoms with Crippen LogP contribution in [0.5, 0.6) is 0 Å². The van der Waals surface area contributed by atoms with E-state index in [2.05, 4.69) is 36.4 Å². The molecule has 0 radical (unpaired) electrons. The Morgan fingerprint density at radius 2 is 2.33 bits per heavy atom. The van der Waals surface area contributed by atoms with Gasteiger partial charge in [0, 0.05) is 11.6 Å². The molecule has 1 aliphatic heterocycles. The average molecular weight is 350 g/mol. The summed E-state index contributed by atoms with van der Waals surface area (Å²) in [5, 5.41) is 23.2. The van der Waals surface area contributed by atoms with Gasteiger partial charge in [-0.1, -0.05) is 32.1 Å². The Morgan fingerprint density at radius 3 is 2.96 bits per heavy atom. The fourth-order valence-corrected chi connectivity index (χ4v) is 3.21. The standard InChI is InChI=1S/C16H22N4O3S/c1-16(2,3)13-8-20(19-18-13)7-11-14(10(21)9-23-11)17-15(22)12-5-4-6-24-12/h4-6,8,10-11,14,21H,7,9H2,1-3H3,(H,17,22)/t10-,11+,14+/m0/s1. The van der Waals surface area contributed by atoms with Crippen LogP contribution in [-0.4, -0.2) is 50.9 Å². The lowest BCUT2D eigenvalue weighted by molar-refractivity contribution is 0.0712. The Balaban J connectivity index is 1.68. The van der Waals surface area contributed by atoms with Crippen molar-refractivity contribution in [1.29, 1.82) is 0 Å². The Labute approximate surface area is 144 Å². The Morgan fingerprint density at radius 1 is 1.54 bits per heavy atom. The zero-order chi connectivity index (χ0) is 17.3. The number of hydrogen-bond acceptors (Lipinski definition) is 6. The van der Waals surface area contributed by atoms with Crippen molar-refractivity contribution in [3.63, 3.8) is 0 Å². The molecule has 1 amide bonds. The van der Waals surface area contributed by atoms with Crippen LogP contribution in [0.2, 0.25) is 0 Å². The number of aliphatic hydroxyl groups is 1.